The van der Waals surface area contributed by atoms with Gasteiger partial charge in [0.2, 0.25) is 0 Å². The van der Waals surface area contributed by atoms with Crippen molar-refractivity contribution < 1.29 is 9.53 Å². The molecule has 6 heteroatoms. The Bertz CT molecular complexity index is 1170. The molecule has 0 bridgehead atoms. The summed E-state index contributed by atoms with van der Waals surface area (Å²) in [5, 5.41) is 7.90. The maximum absolute atomic E-state index is 12.7. The number of nitrogens with one attached hydrogen (secondary N) is 1. The molecule has 5 nitrogen and oxygen atoms in total. The molecule has 0 unspecified atom stereocenters. The number of halogens is 1. The van der Waals surface area contributed by atoms with Crippen molar-refractivity contribution in [1.29, 1.82) is 0 Å². The molecular weight excluding hydrogens is 410 g/mol. The molecule has 3 aromatic carbocycles. The van der Waals surface area contributed by atoms with E-state index in [1.807, 2.05) is 36.5 Å². The van der Waals surface area contributed by atoms with Crippen molar-refractivity contribution in [1.82, 2.24) is 9.78 Å². The van der Waals surface area contributed by atoms with Gasteiger partial charge in [-0.15, -0.1) is 0 Å². The number of hydrogen-bond acceptors (Lipinski definition) is 3. The summed E-state index contributed by atoms with van der Waals surface area (Å²) in [4.78, 5) is 12.7. The van der Waals surface area contributed by atoms with Gasteiger partial charge in [0, 0.05) is 16.8 Å². The van der Waals surface area contributed by atoms with Gasteiger partial charge in [-0.2, -0.15) is 5.10 Å². The van der Waals surface area contributed by atoms with Crippen LogP contribution in [0.1, 0.15) is 27.0 Å². The number of nitrogens with zero attached hydrogens (tertiary/aromatic N) is 2. The Morgan fingerprint density at radius 2 is 1.81 bits per heavy atom. The molecule has 0 atom stereocenters. The fraction of sp³-hybridized carbons (Fsp3) is 0.120. The van der Waals surface area contributed by atoms with Crippen LogP contribution in [0.2, 0.25) is 5.02 Å². The lowest BCUT2D eigenvalue weighted by molar-refractivity contribution is 0.102. The van der Waals surface area contributed by atoms with E-state index in [-0.39, 0.29) is 5.91 Å². The third-order valence-electron chi connectivity index (χ3n) is 4.76. The number of rotatable bonds is 7. The van der Waals surface area contributed by atoms with Crippen LogP contribution in [0.25, 0.3) is 0 Å². The minimum absolute atomic E-state index is 0.191. The third-order valence-corrected chi connectivity index (χ3v) is 5.02. The standard InChI is InChI=1S/C25H22ClN3O2/c1-18-5-7-19(8-6-18)15-29-16-23(14-27-29)28-25(30)21-4-2-3-20(13-21)17-31-24-11-9-22(26)10-12-24/h2-14,16H,15,17H2,1H3,(H,28,30). The molecule has 0 spiro atoms. The van der Waals surface area contributed by atoms with Crippen LogP contribution in [0, 0.1) is 6.92 Å². The number of ether oxygens (including phenoxy) is 1. The van der Waals surface area contributed by atoms with Crippen LogP contribution in [-0.4, -0.2) is 15.7 Å². The molecule has 31 heavy (non-hydrogen) atoms. The monoisotopic (exact) mass is 431 g/mol. The molecule has 4 rings (SSSR count). The minimum atomic E-state index is -0.191. The van der Waals surface area contributed by atoms with Gasteiger partial charge in [0.1, 0.15) is 12.4 Å². The van der Waals surface area contributed by atoms with Crippen molar-refractivity contribution >= 4 is 23.2 Å². The Morgan fingerprint density at radius 3 is 2.58 bits per heavy atom. The summed E-state index contributed by atoms with van der Waals surface area (Å²) in [6, 6.07) is 22.8. The first kappa shape index (κ1) is 20.7. The zero-order chi connectivity index (χ0) is 21.6. The number of carbonyl (C=O) groups excluding carboxylic acids is 1. The van der Waals surface area contributed by atoms with Gasteiger partial charge >= 0.3 is 0 Å². The number of aromatic nitrogens is 2. The fourth-order valence-electron chi connectivity index (χ4n) is 3.10. The zero-order valence-corrected chi connectivity index (χ0v) is 17.8. The van der Waals surface area contributed by atoms with Gasteiger partial charge in [-0.05, 0) is 54.4 Å². The Kier molecular flexibility index (Phi) is 6.34. The van der Waals surface area contributed by atoms with Crippen LogP contribution in [0.15, 0.2) is 85.2 Å². The predicted molar refractivity (Wildman–Crippen MR) is 123 cm³/mol. The Hall–Kier alpha value is -3.57. The van der Waals surface area contributed by atoms with Crippen LogP contribution in [-0.2, 0) is 13.2 Å². The smallest absolute Gasteiger partial charge is 0.255 e. The van der Waals surface area contributed by atoms with Crippen molar-refractivity contribution in [3.8, 4) is 5.75 Å². The van der Waals surface area contributed by atoms with E-state index >= 15 is 0 Å². The quantitative estimate of drug-likeness (QED) is 0.407. The molecule has 0 saturated heterocycles. The molecular formula is C25H22ClN3O2. The lowest BCUT2D eigenvalue weighted by Gasteiger charge is -2.08. The van der Waals surface area contributed by atoms with Crippen molar-refractivity contribution in [2.24, 2.45) is 0 Å². The Labute approximate surface area is 186 Å². The van der Waals surface area contributed by atoms with Gasteiger partial charge in [0.05, 0.1) is 18.4 Å². The molecule has 4 aromatic rings. The highest BCUT2D eigenvalue weighted by atomic mass is 35.5. The normalized spacial score (nSPS) is 10.6. The number of hydrogen-bond donors (Lipinski definition) is 1. The predicted octanol–water partition coefficient (Wildman–Crippen LogP) is 5.72. The van der Waals surface area contributed by atoms with Crippen LogP contribution < -0.4 is 10.1 Å². The molecule has 0 saturated carbocycles. The summed E-state index contributed by atoms with van der Waals surface area (Å²) >= 11 is 5.89. The Balaban J connectivity index is 1.36. The summed E-state index contributed by atoms with van der Waals surface area (Å²) in [6.45, 7) is 3.06. The highest BCUT2D eigenvalue weighted by Crippen LogP contribution is 2.18. The van der Waals surface area contributed by atoms with Crippen LogP contribution in [0.3, 0.4) is 0 Å². The van der Waals surface area contributed by atoms with Gasteiger partial charge in [-0.1, -0.05) is 53.6 Å². The fourth-order valence-corrected chi connectivity index (χ4v) is 3.22. The first-order chi connectivity index (χ1) is 15.0. The second kappa shape index (κ2) is 9.49. The second-order valence-corrected chi connectivity index (χ2v) is 7.75. The summed E-state index contributed by atoms with van der Waals surface area (Å²) in [5.74, 6) is 0.531. The third kappa shape index (κ3) is 5.74. The lowest BCUT2D eigenvalue weighted by atomic mass is 10.1. The minimum Gasteiger partial charge on any atom is -0.489 e. The van der Waals surface area contributed by atoms with Crippen molar-refractivity contribution in [2.75, 3.05) is 5.32 Å². The summed E-state index contributed by atoms with van der Waals surface area (Å²) in [5.41, 5.74) is 4.49. The van der Waals surface area contributed by atoms with Gasteiger partial charge in [-0.25, -0.2) is 0 Å². The first-order valence-corrected chi connectivity index (χ1v) is 10.3. The molecule has 1 amide bonds. The van der Waals surface area contributed by atoms with Crippen LogP contribution in [0.4, 0.5) is 5.69 Å². The number of anilines is 1. The van der Waals surface area contributed by atoms with E-state index in [1.165, 1.54) is 5.56 Å². The van der Waals surface area contributed by atoms with Gasteiger partial charge in [-0.3, -0.25) is 9.48 Å². The topological polar surface area (TPSA) is 56.2 Å². The molecule has 1 N–H and O–H groups in total. The van der Waals surface area contributed by atoms with E-state index in [9.17, 15) is 4.79 Å². The first-order valence-electron chi connectivity index (χ1n) is 9.92. The molecule has 0 radical (unpaired) electrons. The highest BCUT2D eigenvalue weighted by molar-refractivity contribution is 6.30. The van der Waals surface area contributed by atoms with Gasteiger partial charge < -0.3 is 10.1 Å². The number of amides is 1. The van der Waals surface area contributed by atoms with Crippen LogP contribution in [0.5, 0.6) is 5.75 Å². The van der Waals surface area contributed by atoms with E-state index < -0.39 is 0 Å². The van der Waals surface area contributed by atoms with Crippen molar-refractivity contribution in [3.63, 3.8) is 0 Å². The van der Waals surface area contributed by atoms with E-state index in [4.69, 9.17) is 16.3 Å². The summed E-state index contributed by atoms with van der Waals surface area (Å²) in [7, 11) is 0. The molecule has 1 heterocycles. The molecule has 156 valence electrons. The van der Waals surface area contributed by atoms with E-state index in [0.717, 1.165) is 16.9 Å². The molecule has 1 aromatic heterocycles. The van der Waals surface area contributed by atoms with E-state index in [2.05, 4.69) is 41.6 Å². The maximum atomic E-state index is 12.7. The lowest BCUT2D eigenvalue weighted by Crippen LogP contribution is -2.12. The number of aryl methyl sites for hydroxylation is 1. The van der Waals surface area contributed by atoms with Gasteiger partial charge in [0.15, 0.2) is 0 Å². The summed E-state index contributed by atoms with van der Waals surface area (Å²) < 4.78 is 7.57. The average Bonchev–Trinajstić information content (AvgIpc) is 3.22. The second-order valence-electron chi connectivity index (χ2n) is 7.31. The van der Waals surface area contributed by atoms with Crippen LogP contribution >= 0.6 is 11.6 Å². The summed E-state index contributed by atoms with van der Waals surface area (Å²) in [6.07, 6.45) is 3.48. The van der Waals surface area contributed by atoms with E-state index in [1.54, 1.807) is 29.1 Å². The van der Waals surface area contributed by atoms with Crippen molar-refractivity contribution in [2.45, 2.75) is 20.1 Å². The number of benzene rings is 3. The molecule has 0 aliphatic rings. The number of carbonyl (C=O) groups is 1. The largest absolute Gasteiger partial charge is 0.489 e. The van der Waals surface area contributed by atoms with Gasteiger partial charge in [0.25, 0.3) is 5.91 Å². The highest BCUT2D eigenvalue weighted by Gasteiger charge is 2.09. The van der Waals surface area contributed by atoms with Crippen molar-refractivity contribution in [3.05, 3.63) is 112 Å². The average molecular weight is 432 g/mol. The molecule has 0 fully saturated rings. The molecule has 0 aliphatic heterocycles. The zero-order valence-electron chi connectivity index (χ0n) is 17.1. The maximum Gasteiger partial charge on any atom is 0.255 e. The van der Waals surface area contributed by atoms with E-state index in [0.29, 0.717) is 29.4 Å². The SMILES string of the molecule is Cc1ccc(Cn2cc(NC(=O)c3cccc(COc4ccc(Cl)cc4)c3)cn2)cc1. The molecule has 0 aliphatic carbocycles. The Morgan fingerprint density at radius 1 is 1.03 bits per heavy atom.